The second-order valence-electron chi connectivity index (χ2n) is 7.57. The van der Waals surface area contributed by atoms with Gasteiger partial charge in [0.05, 0.1) is 6.42 Å². The minimum absolute atomic E-state index is 0.100. The average Bonchev–Trinajstić information content (AvgIpc) is 2.81. The fourth-order valence-electron chi connectivity index (χ4n) is 3.97. The minimum atomic E-state index is -0.363. The van der Waals surface area contributed by atoms with E-state index in [1.54, 1.807) is 4.90 Å². The van der Waals surface area contributed by atoms with E-state index in [4.69, 9.17) is 4.74 Å². The first-order chi connectivity index (χ1) is 14.7. The number of hydrogen-bond donors (Lipinski definition) is 0. The Morgan fingerprint density at radius 1 is 0.800 bits per heavy atom. The summed E-state index contributed by atoms with van der Waals surface area (Å²) < 4.78 is 5.39. The van der Waals surface area contributed by atoms with E-state index in [2.05, 4.69) is 6.07 Å². The molecule has 152 valence electrons. The van der Waals surface area contributed by atoms with Crippen molar-refractivity contribution in [3.05, 3.63) is 107 Å². The molecule has 1 amide bonds. The van der Waals surface area contributed by atoms with Gasteiger partial charge in [-0.3, -0.25) is 9.59 Å². The lowest BCUT2D eigenvalue weighted by Crippen LogP contribution is -2.38. The van der Waals surface area contributed by atoms with Gasteiger partial charge >= 0.3 is 5.97 Å². The third-order valence-electron chi connectivity index (χ3n) is 5.61. The molecule has 0 unspecified atom stereocenters. The Labute approximate surface area is 177 Å². The third kappa shape index (κ3) is 4.77. The van der Waals surface area contributed by atoms with Gasteiger partial charge in [-0.05, 0) is 28.7 Å². The summed E-state index contributed by atoms with van der Waals surface area (Å²) in [4.78, 5) is 26.9. The van der Waals surface area contributed by atoms with E-state index >= 15 is 0 Å². The molecule has 0 atom stereocenters. The highest BCUT2D eigenvalue weighted by molar-refractivity contribution is 5.81. The first kappa shape index (κ1) is 19.9. The van der Waals surface area contributed by atoms with Gasteiger partial charge in [0, 0.05) is 19.0 Å². The van der Waals surface area contributed by atoms with Gasteiger partial charge in [0.2, 0.25) is 0 Å². The fourth-order valence-corrected chi connectivity index (χ4v) is 3.97. The molecule has 1 aliphatic heterocycles. The van der Waals surface area contributed by atoms with Crippen molar-refractivity contribution in [3.8, 4) is 0 Å². The van der Waals surface area contributed by atoms with Crippen molar-refractivity contribution < 1.29 is 14.3 Å². The predicted octanol–water partition coefficient (Wildman–Crippen LogP) is 4.34. The Kier molecular flexibility index (Phi) is 6.23. The molecule has 3 aromatic carbocycles. The van der Waals surface area contributed by atoms with Crippen LogP contribution in [0.25, 0.3) is 0 Å². The van der Waals surface area contributed by atoms with Crippen LogP contribution in [-0.4, -0.2) is 29.9 Å². The third-order valence-corrected chi connectivity index (χ3v) is 5.61. The molecule has 0 N–H and O–H groups in total. The number of benzene rings is 3. The van der Waals surface area contributed by atoms with Gasteiger partial charge in [0.1, 0.15) is 0 Å². The number of carbonyl (C=O) groups excluding carboxylic acids is 2. The Bertz CT molecular complexity index is 962. The van der Waals surface area contributed by atoms with E-state index in [0.29, 0.717) is 13.1 Å². The van der Waals surface area contributed by atoms with Gasteiger partial charge in [0.15, 0.2) is 6.61 Å². The van der Waals surface area contributed by atoms with Crippen molar-refractivity contribution in [3.63, 3.8) is 0 Å². The van der Waals surface area contributed by atoms with E-state index < -0.39 is 0 Å². The van der Waals surface area contributed by atoms with Gasteiger partial charge in [-0.25, -0.2) is 0 Å². The van der Waals surface area contributed by atoms with Crippen LogP contribution in [0.4, 0.5) is 0 Å². The largest absolute Gasteiger partial charge is 0.456 e. The molecule has 3 aromatic rings. The second-order valence-corrected chi connectivity index (χ2v) is 7.57. The first-order valence-corrected chi connectivity index (χ1v) is 10.3. The SMILES string of the molecule is O=C(CC(c1ccccc1)c1ccccc1)OCC(=O)N1CCc2ccccc2C1. The number of carbonyl (C=O) groups is 2. The molecule has 0 saturated carbocycles. The summed E-state index contributed by atoms with van der Waals surface area (Å²) in [5.74, 6) is -0.607. The number of ether oxygens (including phenoxy) is 1. The highest BCUT2D eigenvalue weighted by Gasteiger charge is 2.23. The van der Waals surface area contributed by atoms with Crippen LogP contribution >= 0.6 is 0 Å². The molecule has 4 heteroatoms. The molecule has 1 heterocycles. The van der Waals surface area contributed by atoms with Crippen LogP contribution < -0.4 is 0 Å². The molecule has 0 saturated heterocycles. The number of amides is 1. The van der Waals surface area contributed by atoms with E-state index in [1.165, 1.54) is 5.56 Å². The van der Waals surface area contributed by atoms with Crippen molar-refractivity contribution in [1.82, 2.24) is 4.90 Å². The molecule has 0 spiro atoms. The van der Waals surface area contributed by atoms with Crippen molar-refractivity contribution >= 4 is 11.9 Å². The fraction of sp³-hybridized carbons (Fsp3) is 0.231. The zero-order valence-electron chi connectivity index (χ0n) is 16.9. The molecule has 4 nitrogen and oxygen atoms in total. The van der Waals surface area contributed by atoms with Crippen LogP contribution in [0.5, 0.6) is 0 Å². The molecule has 0 aliphatic carbocycles. The van der Waals surface area contributed by atoms with E-state index in [9.17, 15) is 9.59 Å². The number of esters is 1. The lowest BCUT2D eigenvalue weighted by molar-refractivity contribution is -0.152. The molecule has 0 radical (unpaired) electrons. The maximum absolute atomic E-state index is 12.6. The van der Waals surface area contributed by atoms with E-state index in [-0.39, 0.29) is 30.8 Å². The highest BCUT2D eigenvalue weighted by Crippen LogP contribution is 2.28. The monoisotopic (exact) mass is 399 g/mol. The Morgan fingerprint density at radius 2 is 1.37 bits per heavy atom. The van der Waals surface area contributed by atoms with E-state index in [1.807, 2.05) is 78.9 Å². The summed E-state index contributed by atoms with van der Waals surface area (Å²) in [7, 11) is 0. The average molecular weight is 399 g/mol. The van der Waals surface area contributed by atoms with Crippen LogP contribution in [0.1, 0.15) is 34.6 Å². The van der Waals surface area contributed by atoms with E-state index in [0.717, 1.165) is 23.1 Å². The molecule has 4 rings (SSSR count). The van der Waals surface area contributed by atoms with Crippen molar-refractivity contribution in [1.29, 1.82) is 0 Å². The maximum Gasteiger partial charge on any atom is 0.307 e. The predicted molar refractivity (Wildman–Crippen MR) is 116 cm³/mol. The summed E-state index contributed by atoms with van der Waals surface area (Å²) in [6, 6.07) is 28.0. The Morgan fingerprint density at radius 3 is 2.00 bits per heavy atom. The summed E-state index contributed by atoms with van der Waals surface area (Å²) in [6.07, 6.45) is 1.03. The van der Waals surface area contributed by atoms with Gasteiger partial charge < -0.3 is 9.64 Å². The quantitative estimate of drug-likeness (QED) is 0.580. The minimum Gasteiger partial charge on any atom is -0.456 e. The normalized spacial score (nSPS) is 13.0. The second kappa shape index (κ2) is 9.40. The Balaban J connectivity index is 1.37. The van der Waals surface area contributed by atoms with Gasteiger partial charge in [-0.15, -0.1) is 0 Å². The number of nitrogens with zero attached hydrogens (tertiary/aromatic N) is 1. The zero-order valence-corrected chi connectivity index (χ0v) is 16.9. The van der Waals surface area contributed by atoms with Crippen molar-refractivity contribution in [2.75, 3.05) is 13.2 Å². The summed E-state index contributed by atoms with van der Waals surface area (Å²) in [5.41, 5.74) is 4.56. The van der Waals surface area contributed by atoms with Crippen molar-refractivity contribution in [2.24, 2.45) is 0 Å². The summed E-state index contributed by atoms with van der Waals surface area (Å²) in [5, 5.41) is 0. The standard InChI is InChI=1S/C26H25NO3/c28-25(27-16-15-20-9-7-8-14-23(20)18-27)19-30-26(29)17-24(21-10-3-1-4-11-21)22-12-5-2-6-13-22/h1-14,24H,15-19H2. The lowest BCUT2D eigenvalue weighted by Gasteiger charge is -2.28. The lowest BCUT2D eigenvalue weighted by atomic mass is 9.89. The topological polar surface area (TPSA) is 46.6 Å². The van der Waals surface area contributed by atoms with Gasteiger partial charge in [-0.2, -0.15) is 0 Å². The van der Waals surface area contributed by atoms with Crippen LogP contribution in [0, 0.1) is 0 Å². The molecular formula is C26H25NO3. The van der Waals surface area contributed by atoms with Gasteiger partial charge in [-0.1, -0.05) is 84.9 Å². The molecule has 1 aliphatic rings. The molecule has 30 heavy (non-hydrogen) atoms. The molecule has 0 bridgehead atoms. The van der Waals surface area contributed by atoms with Crippen LogP contribution in [0.15, 0.2) is 84.9 Å². The van der Waals surface area contributed by atoms with Gasteiger partial charge in [0.25, 0.3) is 5.91 Å². The molecule has 0 fully saturated rings. The first-order valence-electron chi connectivity index (χ1n) is 10.3. The highest BCUT2D eigenvalue weighted by atomic mass is 16.5. The Hall–Kier alpha value is -3.40. The molecule has 0 aromatic heterocycles. The maximum atomic E-state index is 12.6. The molecular weight excluding hydrogens is 374 g/mol. The smallest absolute Gasteiger partial charge is 0.307 e. The number of fused-ring (bicyclic) bond motifs is 1. The number of rotatable bonds is 6. The summed E-state index contributed by atoms with van der Waals surface area (Å²) >= 11 is 0. The zero-order chi connectivity index (χ0) is 20.8. The van der Waals surface area contributed by atoms with Crippen LogP contribution in [0.2, 0.25) is 0 Å². The van der Waals surface area contributed by atoms with Crippen molar-refractivity contribution in [2.45, 2.75) is 25.3 Å². The van der Waals surface area contributed by atoms with Crippen LogP contribution in [0.3, 0.4) is 0 Å². The summed E-state index contributed by atoms with van der Waals surface area (Å²) in [6.45, 7) is 1.02. The number of hydrogen-bond acceptors (Lipinski definition) is 3. The van der Waals surface area contributed by atoms with Crippen LogP contribution in [-0.2, 0) is 27.3 Å².